The van der Waals surface area contributed by atoms with Crippen LogP contribution in [0.3, 0.4) is 0 Å². The summed E-state index contributed by atoms with van der Waals surface area (Å²) in [5, 5.41) is 4.95. The zero-order valence-corrected chi connectivity index (χ0v) is 12.9. The number of H-pyrrole nitrogens is 1. The first-order chi connectivity index (χ1) is 10.8. The van der Waals surface area contributed by atoms with Crippen LogP contribution in [0.4, 0.5) is 0 Å². The Hall–Kier alpha value is -2.26. The Kier molecular flexibility index (Phi) is 3.16. The van der Waals surface area contributed by atoms with Crippen molar-refractivity contribution in [3.8, 4) is 5.75 Å². The number of hydrogen-bond donors (Lipinski definition) is 2. The van der Waals surface area contributed by atoms with Crippen molar-refractivity contribution in [2.75, 3.05) is 13.7 Å². The summed E-state index contributed by atoms with van der Waals surface area (Å²) in [5.74, 6) is 0.917. The molecule has 1 aromatic heterocycles. The van der Waals surface area contributed by atoms with Crippen molar-refractivity contribution in [1.29, 1.82) is 0 Å². The predicted octanol–water partition coefficient (Wildman–Crippen LogP) is 3.72. The summed E-state index contributed by atoms with van der Waals surface area (Å²) >= 11 is 0. The molecule has 0 fully saturated rings. The molecule has 22 heavy (non-hydrogen) atoms. The van der Waals surface area contributed by atoms with E-state index in [0.29, 0.717) is 0 Å². The van der Waals surface area contributed by atoms with Gasteiger partial charge < -0.3 is 15.0 Å². The van der Waals surface area contributed by atoms with Crippen molar-refractivity contribution in [3.63, 3.8) is 0 Å². The Bertz CT molecular complexity index is 835. The van der Waals surface area contributed by atoms with E-state index >= 15 is 0 Å². The molecule has 2 aromatic carbocycles. The molecule has 0 bridgehead atoms. The van der Waals surface area contributed by atoms with Crippen LogP contribution in [0.15, 0.2) is 42.5 Å². The van der Waals surface area contributed by atoms with Crippen molar-refractivity contribution >= 4 is 10.9 Å². The molecule has 0 amide bonds. The second-order valence-electron chi connectivity index (χ2n) is 5.92. The molecule has 4 rings (SSSR count). The van der Waals surface area contributed by atoms with E-state index in [9.17, 15) is 0 Å². The van der Waals surface area contributed by atoms with Gasteiger partial charge in [-0.3, -0.25) is 0 Å². The number of fused-ring (bicyclic) bond motifs is 3. The molecule has 0 spiro atoms. The fourth-order valence-electron chi connectivity index (χ4n) is 3.51. The lowest BCUT2D eigenvalue weighted by atomic mass is 9.92. The molecule has 3 nitrogen and oxygen atoms in total. The van der Waals surface area contributed by atoms with Crippen LogP contribution in [0.1, 0.15) is 28.4 Å². The molecule has 0 unspecified atom stereocenters. The monoisotopic (exact) mass is 292 g/mol. The molecule has 0 radical (unpaired) electrons. The maximum Gasteiger partial charge on any atom is 0.119 e. The van der Waals surface area contributed by atoms with Gasteiger partial charge in [0.15, 0.2) is 0 Å². The van der Waals surface area contributed by atoms with Gasteiger partial charge in [-0.2, -0.15) is 0 Å². The van der Waals surface area contributed by atoms with Gasteiger partial charge in [-0.05, 0) is 48.2 Å². The minimum absolute atomic E-state index is 0.239. The fourth-order valence-corrected chi connectivity index (χ4v) is 3.51. The first kappa shape index (κ1) is 13.4. The molecule has 3 heteroatoms. The molecule has 1 aliphatic rings. The second kappa shape index (κ2) is 5.18. The van der Waals surface area contributed by atoms with Crippen LogP contribution in [0, 0.1) is 6.92 Å². The molecule has 2 N–H and O–H groups in total. The minimum atomic E-state index is 0.239. The van der Waals surface area contributed by atoms with Gasteiger partial charge in [-0.15, -0.1) is 0 Å². The van der Waals surface area contributed by atoms with Crippen LogP contribution in [0.2, 0.25) is 0 Å². The van der Waals surface area contributed by atoms with Crippen LogP contribution in [-0.4, -0.2) is 18.6 Å². The Morgan fingerprint density at radius 2 is 2.00 bits per heavy atom. The van der Waals surface area contributed by atoms with E-state index < -0.39 is 0 Å². The lowest BCUT2D eigenvalue weighted by Gasteiger charge is -2.26. The van der Waals surface area contributed by atoms with Crippen LogP contribution in [0.5, 0.6) is 5.75 Å². The normalized spacial score (nSPS) is 17.5. The number of nitrogens with one attached hydrogen (secondary N) is 2. The van der Waals surface area contributed by atoms with Gasteiger partial charge >= 0.3 is 0 Å². The predicted molar refractivity (Wildman–Crippen MR) is 89.6 cm³/mol. The third kappa shape index (κ3) is 2.01. The van der Waals surface area contributed by atoms with E-state index in [0.717, 1.165) is 18.7 Å². The van der Waals surface area contributed by atoms with E-state index in [1.807, 2.05) is 6.07 Å². The van der Waals surface area contributed by atoms with Gasteiger partial charge in [-0.25, -0.2) is 0 Å². The maximum atomic E-state index is 5.38. The summed E-state index contributed by atoms with van der Waals surface area (Å²) < 4.78 is 5.38. The highest BCUT2D eigenvalue weighted by Gasteiger charge is 2.26. The van der Waals surface area contributed by atoms with Crippen LogP contribution < -0.4 is 10.1 Å². The topological polar surface area (TPSA) is 37.0 Å². The summed E-state index contributed by atoms with van der Waals surface area (Å²) in [6, 6.07) is 15.1. The van der Waals surface area contributed by atoms with Gasteiger partial charge in [0.05, 0.1) is 13.2 Å². The van der Waals surface area contributed by atoms with Crippen molar-refractivity contribution < 1.29 is 4.74 Å². The van der Waals surface area contributed by atoms with Crippen molar-refractivity contribution in [2.24, 2.45) is 0 Å². The molecule has 0 saturated heterocycles. The molecule has 3 aromatic rings. The minimum Gasteiger partial charge on any atom is -0.497 e. The summed E-state index contributed by atoms with van der Waals surface area (Å²) in [7, 11) is 1.72. The van der Waals surface area contributed by atoms with Crippen molar-refractivity contribution in [3.05, 3.63) is 64.8 Å². The molecule has 2 heterocycles. The lowest BCUT2D eigenvalue weighted by Crippen LogP contribution is -2.30. The van der Waals surface area contributed by atoms with Gasteiger partial charge in [0, 0.05) is 23.1 Å². The number of benzene rings is 2. The SMILES string of the molecule is COc1ccc2[nH]c3c(c2c1)CCN[C@H]3c1ccccc1C. The third-order valence-electron chi connectivity index (χ3n) is 4.66. The maximum absolute atomic E-state index is 5.38. The second-order valence-corrected chi connectivity index (χ2v) is 5.92. The zero-order chi connectivity index (χ0) is 15.1. The van der Waals surface area contributed by atoms with Gasteiger partial charge in [-0.1, -0.05) is 24.3 Å². The van der Waals surface area contributed by atoms with Gasteiger partial charge in [0.1, 0.15) is 5.75 Å². The number of aromatic amines is 1. The molecule has 112 valence electrons. The molecule has 1 aliphatic heterocycles. The molecular weight excluding hydrogens is 272 g/mol. The number of methoxy groups -OCH3 is 1. The first-order valence-electron chi connectivity index (χ1n) is 7.75. The molecule has 0 saturated carbocycles. The third-order valence-corrected chi connectivity index (χ3v) is 4.66. The number of aryl methyl sites for hydroxylation is 1. The Morgan fingerprint density at radius 3 is 2.82 bits per heavy atom. The molecule has 0 aliphatic carbocycles. The van der Waals surface area contributed by atoms with Crippen LogP contribution in [-0.2, 0) is 6.42 Å². The smallest absolute Gasteiger partial charge is 0.119 e. The van der Waals surface area contributed by atoms with Gasteiger partial charge in [0.25, 0.3) is 0 Å². The van der Waals surface area contributed by atoms with E-state index in [1.165, 1.54) is 33.3 Å². The quantitative estimate of drug-likeness (QED) is 0.755. The van der Waals surface area contributed by atoms with Crippen molar-refractivity contribution in [2.45, 2.75) is 19.4 Å². The Labute approximate surface area is 130 Å². The van der Waals surface area contributed by atoms with E-state index in [1.54, 1.807) is 7.11 Å². The zero-order valence-electron chi connectivity index (χ0n) is 12.9. The van der Waals surface area contributed by atoms with Crippen LogP contribution >= 0.6 is 0 Å². The largest absolute Gasteiger partial charge is 0.497 e. The molecular formula is C19H20N2O. The highest BCUT2D eigenvalue weighted by Crippen LogP contribution is 2.35. The number of ether oxygens (including phenoxy) is 1. The number of aromatic nitrogens is 1. The van der Waals surface area contributed by atoms with E-state index in [2.05, 4.69) is 53.6 Å². The fraction of sp³-hybridized carbons (Fsp3) is 0.263. The average Bonchev–Trinajstić information content (AvgIpc) is 2.93. The van der Waals surface area contributed by atoms with E-state index in [4.69, 9.17) is 4.74 Å². The summed E-state index contributed by atoms with van der Waals surface area (Å²) in [6.07, 6.45) is 1.05. The standard InChI is InChI=1S/C19H20N2O/c1-12-5-3-4-6-14(12)18-19-15(9-10-20-18)16-11-13(22-2)7-8-17(16)21-19/h3-8,11,18,20-21H,9-10H2,1-2H3/t18-/m0/s1. The molecule has 1 atom stereocenters. The summed E-state index contributed by atoms with van der Waals surface area (Å²) in [4.78, 5) is 3.63. The Balaban J connectivity index is 1.90. The first-order valence-corrected chi connectivity index (χ1v) is 7.75. The number of rotatable bonds is 2. The summed E-state index contributed by atoms with van der Waals surface area (Å²) in [5.41, 5.74) is 6.57. The summed E-state index contributed by atoms with van der Waals surface area (Å²) in [6.45, 7) is 3.17. The lowest BCUT2D eigenvalue weighted by molar-refractivity contribution is 0.415. The van der Waals surface area contributed by atoms with Crippen molar-refractivity contribution in [1.82, 2.24) is 10.3 Å². The highest BCUT2D eigenvalue weighted by molar-refractivity contribution is 5.86. The van der Waals surface area contributed by atoms with Crippen LogP contribution in [0.25, 0.3) is 10.9 Å². The highest BCUT2D eigenvalue weighted by atomic mass is 16.5. The number of hydrogen-bond acceptors (Lipinski definition) is 2. The Morgan fingerprint density at radius 1 is 1.14 bits per heavy atom. The van der Waals surface area contributed by atoms with E-state index in [-0.39, 0.29) is 6.04 Å². The van der Waals surface area contributed by atoms with Gasteiger partial charge in [0.2, 0.25) is 0 Å². The average molecular weight is 292 g/mol.